The Morgan fingerprint density at radius 2 is 1.93 bits per heavy atom. The summed E-state index contributed by atoms with van der Waals surface area (Å²) in [6.45, 7) is 3.59. The monoisotopic (exact) mass is 191 g/mol. The molecule has 0 atom stereocenters. The summed E-state index contributed by atoms with van der Waals surface area (Å²) in [5.41, 5.74) is 7.23. The van der Waals surface area contributed by atoms with Crippen LogP contribution in [0.2, 0.25) is 0 Å². The number of hydrogen-bond donors (Lipinski definition) is 1. The van der Waals surface area contributed by atoms with E-state index < -0.39 is 0 Å². The van der Waals surface area contributed by atoms with Crippen LogP contribution in [0.5, 0.6) is 5.75 Å². The zero-order valence-corrected chi connectivity index (χ0v) is 8.62. The molecule has 0 unspecified atom stereocenters. The molecule has 76 valence electrons. The SMILES string of the molecule is Cc1ccc(OCC2(CN)CC2)cc1. The molecule has 2 nitrogen and oxygen atoms in total. The molecule has 1 aromatic rings. The molecule has 1 fully saturated rings. The Morgan fingerprint density at radius 3 is 2.43 bits per heavy atom. The average molecular weight is 191 g/mol. The quantitative estimate of drug-likeness (QED) is 0.791. The summed E-state index contributed by atoms with van der Waals surface area (Å²) in [6, 6.07) is 8.17. The van der Waals surface area contributed by atoms with Crippen LogP contribution in [0.1, 0.15) is 18.4 Å². The number of aryl methyl sites for hydroxylation is 1. The second kappa shape index (κ2) is 3.62. The molecule has 0 radical (unpaired) electrons. The van der Waals surface area contributed by atoms with E-state index in [9.17, 15) is 0 Å². The van der Waals surface area contributed by atoms with Crippen molar-refractivity contribution in [3.63, 3.8) is 0 Å². The molecule has 1 aliphatic carbocycles. The Bertz CT molecular complexity index is 301. The van der Waals surface area contributed by atoms with Gasteiger partial charge in [0.15, 0.2) is 0 Å². The third-order valence-electron chi connectivity index (χ3n) is 2.96. The first-order chi connectivity index (χ1) is 6.74. The molecule has 2 N–H and O–H groups in total. The largest absolute Gasteiger partial charge is 0.493 e. The molecular weight excluding hydrogens is 174 g/mol. The number of nitrogens with two attached hydrogens (primary N) is 1. The Kier molecular flexibility index (Phi) is 2.46. The third kappa shape index (κ3) is 2.07. The number of benzene rings is 1. The van der Waals surface area contributed by atoms with Crippen molar-refractivity contribution in [2.75, 3.05) is 13.2 Å². The fourth-order valence-corrected chi connectivity index (χ4v) is 1.46. The maximum Gasteiger partial charge on any atom is 0.119 e. The highest BCUT2D eigenvalue weighted by atomic mass is 16.5. The van der Waals surface area contributed by atoms with Crippen molar-refractivity contribution in [3.8, 4) is 5.75 Å². The topological polar surface area (TPSA) is 35.2 Å². The normalized spacial score (nSPS) is 17.9. The number of rotatable bonds is 4. The van der Waals surface area contributed by atoms with Gasteiger partial charge in [-0.05, 0) is 31.9 Å². The van der Waals surface area contributed by atoms with Gasteiger partial charge in [-0.1, -0.05) is 17.7 Å². The molecule has 14 heavy (non-hydrogen) atoms. The van der Waals surface area contributed by atoms with E-state index in [2.05, 4.69) is 19.1 Å². The fourth-order valence-electron chi connectivity index (χ4n) is 1.46. The van der Waals surface area contributed by atoms with Gasteiger partial charge in [0.05, 0.1) is 6.61 Å². The summed E-state index contributed by atoms with van der Waals surface area (Å²) in [5.74, 6) is 0.954. The summed E-state index contributed by atoms with van der Waals surface area (Å²) in [7, 11) is 0. The lowest BCUT2D eigenvalue weighted by molar-refractivity contribution is 0.239. The van der Waals surface area contributed by atoms with E-state index in [0.29, 0.717) is 5.41 Å². The predicted octanol–water partition coefficient (Wildman–Crippen LogP) is 2.11. The maximum absolute atomic E-state index is 5.70. The van der Waals surface area contributed by atoms with Crippen molar-refractivity contribution < 1.29 is 4.74 Å². The smallest absolute Gasteiger partial charge is 0.119 e. The van der Waals surface area contributed by atoms with Crippen molar-refractivity contribution >= 4 is 0 Å². The highest BCUT2D eigenvalue weighted by Gasteiger charge is 2.42. The minimum atomic E-state index is 0.297. The lowest BCUT2D eigenvalue weighted by Crippen LogP contribution is -2.22. The zero-order chi connectivity index (χ0) is 10.0. The van der Waals surface area contributed by atoms with Crippen LogP contribution in [-0.4, -0.2) is 13.2 Å². The lowest BCUT2D eigenvalue weighted by atomic mass is 10.1. The van der Waals surface area contributed by atoms with Gasteiger partial charge in [0.25, 0.3) is 0 Å². The van der Waals surface area contributed by atoms with Crippen LogP contribution >= 0.6 is 0 Å². The average Bonchev–Trinajstić information content (AvgIpc) is 2.98. The summed E-state index contributed by atoms with van der Waals surface area (Å²) >= 11 is 0. The van der Waals surface area contributed by atoms with E-state index in [1.807, 2.05) is 12.1 Å². The van der Waals surface area contributed by atoms with E-state index in [1.165, 1.54) is 18.4 Å². The third-order valence-corrected chi connectivity index (χ3v) is 2.96. The highest BCUT2D eigenvalue weighted by molar-refractivity contribution is 5.26. The van der Waals surface area contributed by atoms with E-state index in [4.69, 9.17) is 10.5 Å². The van der Waals surface area contributed by atoms with Gasteiger partial charge < -0.3 is 10.5 Å². The van der Waals surface area contributed by atoms with Crippen LogP contribution in [0.3, 0.4) is 0 Å². The first-order valence-electron chi connectivity index (χ1n) is 5.14. The summed E-state index contributed by atoms with van der Waals surface area (Å²) in [4.78, 5) is 0. The maximum atomic E-state index is 5.70. The van der Waals surface area contributed by atoms with E-state index in [-0.39, 0.29) is 0 Å². The molecule has 0 aromatic heterocycles. The second-order valence-corrected chi connectivity index (χ2v) is 4.31. The van der Waals surface area contributed by atoms with Crippen molar-refractivity contribution in [1.29, 1.82) is 0 Å². The molecule has 0 saturated heterocycles. The summed E-state index contributed by atoms with van der Waals surface area (Å²) in [6.07, 6.45) is 2.44. The van der Waals surface area contributed by atoms with Crippen molar-refractivity contribution in [2.45, 2.75) is 19.8 Å². The Balaban J connectivity index is 1.89. The minimum Gasteiger partial charge on any atom is -0.493 e. The van der Waals surface area contributed by atoms with Gasteiger partial charge in [-0.15, -0.1) is 0 Å². The first kappa shape index (κ1) is 9.53. The molecule has 1 aromatic carbocycles. The fraction of sp³-hybridized carbons (Fsp3) is 0.500. The van der Waals surface area contributed by atoms with E-state index in [1.54, 1.807) is 0 Å². The van der Waals surface area contributed by atoms with Crippen LogP contribution in [-0.2, 0) is 0 Å². The Labute approximate surface area is 85.1 Å². The van der Waals surface area contributed by atoms with Crippen LogP contribution in [0, 0.1) is 12.3 Å². The molecule has 0 heterocycles. The van der Waals surface area contributed by atoms with Crippen molar-refractivity contribution in [1.82, 2.24) is 0 Å². The lowest BCUT2D eigenvalue weighted by Gasteiger charge is -2.13. The van der Waals surface area contributed by atoms with Gasteiger partial charge in [-0.25, -0.2) is 0 Å². The van der Waals surface area contributed by atoms with Gasteiger partial charge in [-0.3, -0.25) is 0 Å². The molecule has 1 saturated carbocycles. The molecule has 2 rings (SSSR count). The standard InChI is InChI=1S/C12H17NO/c1-10-2-4-11(5-3-10)14-9-12(8-13)6-7-12/h2-5H,6-9,13H2,1H3. The molecule has 0 spiro atoms. The van der Waals surface area contributed by atoms with Crippen LogP contribution in [0.25, 0.3) is 0 Å². The summed E-state index contributed by atoms with van der Waals surface area (Å²) < 4.78 is 5.70. The predicted molar refractivity (Wildman–Crippen MR) is 57.4 cm³/mol. The van der Waals surface area contributed by atoms with E-state index in [0.717, 1.165) is 18.9 Å². The van der Waals surface area contributed by atoms with Gasteiger partial charge >= 0.3 is 0 Å². The van der Waals surface area contributed by atoms with Gasteiger partial charge in [0.2, 0.25) is 0 Å². The molecule has 0 aliphatic heterocycles. The zero-order valence-electron chi connectivity index (χ0n) is 8.62. The number of hydrogen-bond acceptors (Lipinski definition) is 2. The second-order valence-electron chi connectivity index (χ2n) is 4.31. The molecule has 2 heteroatoms. The van der Waals surface area contributed by atoms with Gasteiger partial charge in [0.1, 0.15) is 5.75 Å². The number of ether oxygens (including phenoxy) is 1. The molecule has 0 bridgehead atoms. The summed E-state index contributed by atoms with van der Waals surface area (Å²) in [5, 5.41) is 0. The molecular formula is C12H17NO. The minimum absolute atomic E-state index is 0.297. The van der Waals surface area contributed by atoms with E-state index >= 15 is 0 Å². The van der Waals surface area contributed by atoms with Gasteiger partial charge in [-0.2, -0.15) is 0 Å². The van der Waals surface area contributed by atoms with Crippen molar-refractivity contribution in [3.05, 3.63) is 29.8 Å². The highest BCUT2D eigenvalue weighted by Crippen LogP contribution is 2.44. The van der Waals surface area contributed by atoms with Crippen molar-refractivity contribution in [2.24, 2.45) is 11.1 Å². The Morgan fingerprint density at radius 1 is 1.29 bits per heavy atom. The van der Waals surface area contributed by atoms with Crippen LogP contribution in [0.15, 0.2) is 24.3 Å². The first-order valence-corrected chi connectivity index (χ1v) is 5.14. The molecule has 0 amide bonds. The van der Waals surface area contributed by atoms with Gasteiger partial charge in [0, 0.05) is 12.0 Å². The van der Waals surface area contributed by atoms with Crippen LogP contribution in [0.4, 0.5) is 0 Å². The molecule has 1 aliphatic rings. The van der Waals surface area contributed by atoms with Crippen LogP contribution < -0.4 is 10.5 Å². The Hall–Kier alpha value is -1.02.